The second kappa shape index (κ2) is 5.77. The quantitative estimate of drug-likeness (QED) is 0.575. The Kier molecular flexibility index (Phi) is 5.33. The van der Waals surface area contributed by atoms with Crippen LogP contribution in [0.5, 0.6) is 5.75 Å². The molecule has 0 aliphatic rings. The van der Waals surface area contributed by atoms with Gasteiger partial charge in [-0.15, -0.1) is 12.4 Å². The number of hydrogen-bond acceptors (Lipinski definition) is 4. The van der Waals surface area contributed by atoms with E-state index >= 15 is 0 Å². The lowest BCUT2D eigenvalue weighted by Gasteiger charge is -2.10. The summed E-state index contributed by atoms with van der Waals surface area (Å²) in [5.74, 6) is -0.926. The smallest absolute Gasteiger partial charge is 0.335 e. The van der Waals surface area contributed by atoms with Crippen molar-refractivity contribution in [3.63, 3.8) is 0 Å². The number of aliphatic carboxylic acids is 1. The minimum absolute atomic E-state index is 0. The molecule has 0 spiro atoms. The zero-order valence-corrected chi connectivity index (χ0v) is 10.3. The molecule has 88 valence electrons. The van der Waals surface area contributed by atoms with Crippen LogP contribution < -0.4 is 0 Å². The predicted octanol–water partition coefficient (Wildman–Crippen LogP) is 2.05. The van der Waals surface area contributed by atoms with Crippen molar-refractivity contribution in [1.82, 2.24) is 4.98 Å². The fraction of sp³-hybridized carbons (Fsp3) is 0.200. The van der Waals surface area contributed by atoms with Crippen LogP contribution in [0, 0.1) is 6.92 Å². The predicted molar refractivity (Wildman–Crippen MR) is 67.2 cm³/mol. The number of aromatic hydroxyl groups is 1. The largest absolute Gasteiger partial charge is 0.506 e. The van der Waals surface area contributed by atoms with Gasteiger partial charge in [-0.25, -0.2) is 4.79 Å². The molecular formula is C10H12ClNO3S. The van der Waals surface area contributed by atoms with Gasteiger partial charge in [0, 0.05) is 23.1 Å². The highest BCUT2D eigenvalue weighted by molar-refractivity contribution is 7.79. The molecule has 1 heterocycles. The van der Waals surface area contributed by atoms with Crippen molar-refractivity contribution in [1.29, 1.82) is 0 Å². The second-order valence-electron chi connectivity index (χ2n) is 3.03. The Bertz CT molecular complexity index is 434. The van der Waals surface area contributed by atoms with Crippen LogP contribution in [0.25, 0.3) is 5.57 Å². The van der Waals surface area contributed by atoms with E-state index in [1.807, 2.05) is 0 Å². The fourth-order valence-electron chi connectivity index (χ4n) is 1.18. The minimum Gasteiger partial charge on any atom is -0.506 e. The molecular weight excluding hydrogens is 250 g/mol. The normalized spacial score (nSPS) is 9.38. The molecule has 0 aromatic carbocycles. The third kappa shape index (κ3) is 2.68. The molecule has 1 rings (SSSR count). The van der Waals surface area contributed by atoms with E-state index in [1.54, 1.807) is 6.92 Å². The molecule has 0 fully saturated rings. The van der Waals surface area contributed by atoms with Crippen molar-refractivity contribution >= 4 is 36.6 Å². The molecule has 1 aromatic rings. The van der Waals surface area contributed by atoms with Gasteiger partial charge in [-0.2, -0.15) is 12.6 Å². The number of carboxylic acids is 1. The Labute approximate surface area is 105 Å². The van der Waals surface area contributed by atoms with Crippen LogP contribution in [0.4, 0.5) is 0 Å². The monoisotopic (exact) mass is 261 g/mol. The van der Waals surface area contributed by atoms with E-state index in [9.17, 15) is 9.90 Å². The average Bonchev–Trinajstić information content (AvgIpc) is 2.20. The highest BCUT2D eigenvalue weighted by Crippen LogP contribution is 2.29. The molecule has 6 heteroatoms. The number of pyridine rings is 1. The summed E-state index contributed by atoms with van der Waals surface area (Å²) in [6.07, 6.45) is 1.39. The molecule has 0 aliphatic heterocycles. The topological polar surface area (TPSA) is 70.4 Å². The number of aryl methyl sites for hydroxylation is 1. The van der Waals surface area contributed by atoms with Gasteiger partial charge in [-0.1, -0.05) is 6.58 Å². The maximum atomic E-state index is 10.7. The fourth-order valence-corrected chi connectivity index (χ4v) is 1.50. The number of thiol groups is 1. The SMILES string of the molecule is C=C(C(=O)O)c1cnc(C)c(O)c1CS.Cl. The summed E-state index contributed by atoms with van der Waals surface area (Å²) in [6.45, 7) is 5.05. The molecule has 0 unspecified atom stereocenters. The van der Waals surface area contributed by atoms with E-state index in [1.165, 1.54) is 6.20 Å². The number of carbonyl (C=O) groups is 1. The highest BCUT2D eigenvalue weighted by Gasteiger charge is 2.16. The second-order valence-corrected chi connectivity index (χ2v) is 3.34. The van der Waals surface area contributed by atoms with Crippen molar-refractivity contribution in [2.75, 3.05) is 0 Å². The van der Waals surface area contributed by atoms with Crippen LogP contribution in [0.15, 0.2) is 12.8 Å². The van der Waals surface area contributed by atoms with Gasteiger partial charge >= 0.3 is 5.97 Å². The van der Waals surface area contributed by atoms with E-state index in [0.717, 1.165) is 0 Å². The Morgan fingerprint density at radius 3 is 2.62 bits per heavy atom. The number of aromatic nitrogens is 1. The number of rotatable bonds is 3. The van der Waals surface area contributed by atoms with Crippen LogP contribution in [-0.2, 0) is 10.5 Å². The van der Waals surface area contributed by atoms with Crippen LogP contribution >= 0.6 is 25.0 Å². The first-order chi connectivity index (χ1) is 6.99. The van der Waals surface area contributed by atoms with Crippen LogP contribution in [0.2, 0.25) is 0 Å². The molecule has 0 amide bonds. The third-order valence-corrected chi connectivity index (χ3v) is 2.40. The Balaban J connectivity index is 0.00000225. The lowest BCUT2D eigenvalue weighted by Crippen LogP contribution is -2.03. The van der Waals surface area contributed by atoms with Crippen LogP contribution in [0.3, 0.4) is 0 Å². The van der Waals surface area contributed by atoms with E-state index < -0.39 is 5.97 Å². The first-order valence-electron chi connectivity index (χ1n) is 4.20. The lowest BCUT2D eigenvalue weighted by atomic mass is 10.0. The zero-order valence-electron chi connectivity index (χ0n) is 8.60. The summed E-state index contributed by atoms with van der Waals surface area (Å²) in [7, 11) is 0. The minimum atomic E-state index is -1.14. The molecule has 4 nitrogen and oxygen atoms in total. The maximum Gasteiger partial charge on any atom is 0.335 e. The summed E-state index contributed by atoms with van der Waals surface area (Å²) < 4.78 is 0. The Hall–Kier alpha value is -1.20. The van der Waals surface area contributed by atoms with Gasteiger partial charge in [-0.3, -0.25) is 4.98 Å². The van der Waals surface area contributed by atoms with Gasteiger partial charge in [0.2, 0.25) is 0 Å². The van der Waals surface area contributed by atoms with E-state index in [4.69, 9.17) is 5.11 Å². The first-order valence-corrected chi connectivity index (χ1v) is 4.83. The summed E-state index contributed by atoms with van der Waals surface area (Å²) in [4.78, 5) is 14.6. The van der Waals surface area contributed by atoms with Crippen LogP contribution in [0.1, 0.15) is 16.8 Å². The molecule has 0 saturated carbocycles. The van der Waals surface area contributed by atoms with E-state index in [0.29, 0.717) is 16.8 Å². The van der Waals surface area contributed by atoms with E-state index in [-0.39, 0.29) is 29.5 Å². The van der Waals surface area contributed by atoms with Crippen molar-refractivity contribution < 1.29 is 15.0 Å². The van der Waals surface area contributed by atoms with Gasteiger partial charge in [0.1, 0.15) is 5.75 Å². The summed E-state index contributed by atoms with van der Waals surface area (Å²) >= 11 is 4.04. The number of hydrogen-bond donors (Lipinski definition) is 3. The molecule has 0 atom stereocenters. The van der Waals surface area contributed by atoms with Gasteiger partial charge < -0.3 is 10.2 Å². The van der Waals surface area contributed by atoms with Crippen molar-refractivity contribution in [2.24, 2.45) is 0 Å². The molecule has 0 aliphatic carbocycles. The molecule has 16 heavy (non-hydrogen) atoms. The molecule has 0 saturated heterocycles. The number of carboxylic acid groups (broad SMARTS) is 1. The first kappa shape index (κ1) is 14.8. The Morgan fingerprint density at radius 2 is 2.19 bits per heavy atom. The van der Waals surface area contributed by atoms with Crippen molar-refractivity contribution in [2.45, 2.75) is 12.7 Å². The number of nitrogens with zero attached hydrogens (tertiary/aromatic N) is 1. The maximum absolute atomic E-state index is 10.7. The van der Waals surface area contributed by atoms with Gasteiger partial charge in [0.25, 0.3) is 0 Å². The molecule has 2 N–H and O–H groups in total. The standard InChI is InChI=1S/C10H11NO3S.ClH/c1-5(10(13)14)7-3-11-6(2)9(12)8(7)4-15;/h3,12,15H,1,4H2,2H3,(H,13,14);1H. The zero-order chi connectivity index (χ0) is 11.6. The molecule has 0 bridgehead atoms. The average molecular weight is 262 g/mol. The van der Waals surface area contributed by atoms with Crippen LogP contribution in [-0.4, -0.2) is 21.2 Å². The molecule has 0 radical (unpaired) electrons. The van der Waals surface area contributed by atoms with Gasteiger partial charge in [0.15, 0.2) is 0 Å². The summed E-state index contributed by atoms with van der Waals surface area (Å²) in [6, 6.07) is 0. The molecule has 1 aromatic heterocycles. The summed E-state index contributed by atoms with van der Waals surface area (Å²) in [5.41, 5.74) is 1.11. The third-order valence-electron chi connectivity index (χ3n) is 2.08. The number of halogens is 1. The lowest BCUT2D eigenvalue weighted by molar-refractivity contribution is -0.130. The summed E-state index contributed by atoms with van der Waals surface area (Å²) in [5, 5.41) is 18.4. The highest BCUT2D eigenvalue weighted by atomic mass is 35.5. The van der Waals surface area contributed by atoms with Crippen molar-refractivity contribution in [3.8, 4) is 5.75 Å². The Morgan fingerprint density at radius 1 is 1.62 bits per heavy atom. The van der Waals surface area contributed by atoms with E-state index in [2.05, 4.69) is 24.2 Å². The van der Waals surface area contributed by atoms with Crippen molar-refractivity contribution in [3.05, 3.63) is 29.6 Å². The van der Waals surface area contributed by atoms with Gasteiger partial charge in [0.05, 0.1) is 11.3 Å². The van der Waals surface area contributed by atoms with Gasteiger partial charge in [-0.05, 0) is 6.92 Å².